The van der Waals surface area contributed by atoms with E-state index in [4.69, 9.17) is 8.83 Å². The molecule has 0 fully saturated rings. The first-order chi connectivity index (χ1) is 11.6. The Kier molecular flexibility index (Phi) is 3.49. The van der Waals surface area contributed by atoms with Gasteiger partial charge in [0.2, 0.25) is 5.82 Å². The van der Waals surface area contributed by atoms with Crippen LogP contribution in [0, 0.1) is 6.92 Å². The summed E-state index contributed by atoms with van der Waals surface area (Å²) < 4.78 is 37.4. The number of furan rings is 1. The zero-order valence-electron chi connectivity index (χ0n) is 12.1. The molecule has 0 unspecified atom stereocenters. The minimum atomic E-state index is -2.77. The van der Waals surface area contributed by atoms with Gasteiger partial charge in [-0.15, -0.1) is 20.4 Å². The molecule has 0 saturated carbocycles. The van der Waals surface area contributed by atoms with Gasteiger partial charge in [-0.3, -0.25) is 0 Å². The molecule has 24 heavy (non-hydrogen) atoms. The predicted molar refractivity (Wildman–Crippen MR) is 76.6 cm³/mol. The van der Waals surface area contributed by atoms with E-state index >= 15 is 0 Å². The maximum Gasteiger partial charge on any atom is 0.299 e. The highest BCUT2D eigenvalue weighted by molar-refractivity contribution is 7.99. The number of hydrogen-bond donors (Lipinski definition) is 0. The van der Waals surface area contributed by atoms with Crippen molar-refractivity contribution in [3.63, 3.8) is 0 Å². The van der Waals surface area contributed by atoms with Gasteiger partial charge >= 0.3 is 0 Å². The van der Waals surface area contributed by atoms with E-state index in [9.17, 15) is 8.78 Å². The summed E-state index contributed by atoms with van der Waals surface area (Å²) in [4.78, 5) is 0. The van der Waals surface area contributed by atoms with Crippen LogP contribution in [0.3, 0.4) is 0 Å². The summed E-state index contributed by atoms with van der Waals surface area (Å²) in [7, 11) is 0. The van der Waals surface area contributed by atoms with E-state index in [0.717, 1.165) is 16.3 Å². The van der Waals surface area contributed by atoms with Crippen molar-refractivity contribution < 1.29 is 17.6 Å². The van der Waals surface area contributed by atoms with E-state index in [1.165, 1.54) is 12.3 Å². The zero-order valence-corrected chi connectivity index (χ0v) is 12.9. The molecule has 4 rings (SSSR count). The average molecular weight is 350 g/mol. The van der Waals surface area contributed by atoms with Crippen molar-refractivity contribution in [1.29, 1.82) is 0 Å². The Labute approximate surface area is 136 Å². The molecule has 0 spiro atoms. The van der Waals surface area contributed by atoms with Crippen LogP contribution in [0.5, 0.6) is 0 Å². The van der Waals surface area contributed by atoms with E-state index in [0.29, 0.717) is 22.2 Å². The normalized spacial score (nSPS) is 11.7. The fourth-order valence-corrected chi connectivity index (χ4v) is 2.68. The molecule has 0 aliphatic heterocycles. The van der Waals surface area contributed by atoms with Crippen LogP contribution in [0.1, 0.15) is 18.0 Å². The summed E-state index contributed by atoms with van der Waals surface area (Å²) in [5.74, 6) is 0.441. The topological polar surface area (TPSA) is 95.1 Å². The highest BCUT2D eigenvalue weighted by Crippen LogP contribution is 2.30. The van der Waals surface area contributed by atoms with E-state index in [1.54, 1.807) is 19.1 Å². The van der Waals surface area contributed by atoms with Crippen molar-refractivity contribution in [1.82, 2.24) is 30.0 Å². The van der Waals surface area contributed by atoms with Crippen molar-refractivity contribution in [3.8, 4) is 11.5 Å². The second kappa shape index (κ2) is 5.67. The van der Waals surface area contributed by atoms with Gasteiger partial charge in [0.05, 0.1) is 11.8 Å². The highest BCUT2D eigenvalue weighted by atomic mass is 32.2. The van der Waals surface area contributed by atoms with Gasteiger partial charge in [0.25, 0.3) is 17.5 Å². The van der Waals surface area contributed by atoms with Crippen molar-refractivity contribution in [2.45, 2.75) is 23.6 Å². The van der Waals surface area contributed by atoms with Gasteiger partial charge in [0.1, 0.15) is 10.8 Å². The number of hydrogen-bond acceptors (Lipinski definition) is 8. The van der Waals surface area contributed by atoms with Crippen LogP contribution in [-0.2, 0) is 0 Å². The lowest BCUT2D eigenvalue weighted by Crippen LogP contribution is -2.00. The fraction of sp³-hybridized carbons (Fsp3) is 0.154. The third-order valence-corrected chi connectivity index (χ3v) is 3.91. The second-order valence-electron chi connectivity index (χ2n) is 4.67. The lowest BCUT2D eigenvalue weighted by Gasteiger charge is -1.99. The van der Waals surface area contributed by atoms with Gasteiger partial charge in [-0.2, -0.15) is 9.61 Å². The Balaban J connectivity index is 1.64. The van der Waals surface area contributed by atoms with Gasteiger partial charge in [0.15, 0.2) is 5.65 Å². The van der Waals surface area contributed by atoms with Gasteiger partial charge in [-0.05, 0) is 36.9 Å². The van der Waals surface area contributed by atoms with Crippen LogP contribution < -0.4 is 0 Å². The number of halogens is 2. The number of aryl methyl sites for hydroxylation is 1. The molecule has 0 bridgehead atoms. The second-order valence-corrected chi connectivity index (χ2v) is 5.64. The summed E-state index contributed by atoms with van der Waals surface area (Å²) >= 11 is 1.05. The number of aromatic nitrogens is 6. The Morgan fingerprint density at radius 2 is 2.00 bits per heavy atom. The first-order valence-electron chi connectivity index (χ1n) is 6.68. The molecule has 0 saturated heterocycles. The third-order valence-electron chi connectivity index (χ3n) is 3.15. The SMILES string of the molecule is Cc1occc1-c1nnc(Sc2ccc3nnc(C(F)F)n3n2)o1. The molecule has 4 heterocycles. The Bertz CT molecular complexity index is 1010. The minimum absolute atomic E-state index is 0.226. The van der Waals surface area contributed by atoms with E-state index in [2.05, 4.69) is 25.5 Å². The van der Waals surface area contributed by atoms with Crippen LogP contribution in [0.4, 0.5) is 8.78 Å². The van der Waals surface area contributed by atoms with E-state index < -0.39 is 12.2 Å². The maximum absolute atomic E-state index is 12.9. The molecular weight excluding hydrogens is 342 g/mol. The van der Waals surface area contributed by atoms with Crippen LogP contribution in [0.2, 0.25) is 0 Å². The molecule has 0 aromatic carbocycles. The number of alkyl halides is 2. The molecule has 0 atom stereocenters. The average Bonchev–Trinajstić information content (AvgIpc) is 3.26. The standard InChI is InChI=1S/C13H8F2N6O2S/c1-6-7(4-5-22-6)12-18-19-13(23-12)24-9-3-2-8-16-17-11(10(14)15)21(8)20-9/h2-5,10H,1H3. The summed E-state index contributed by atoms with van der Waals surface area (Å²) in [6.07, 6.45) is -1.25. The van der Waals surface area contributed by atoms with Gasteiger partial charge in [-0.1, -0.05) is 0 Å². The highest BCUT2D eigenvalue weighted by Gasteiger charge is 2.18. The molecule has 4 aromatic heterocycles. The smallest absolute Gasteiger partial charge is 0.299 e. The molecule has 4 aromatic rings. The van der Waals surface area contributed by atoms with Gasteiger partial charge in [-0.25, -0.2) is 8.78 Å². The van der Waals surface area contributed by atoms with Gasteiger partial charge < -0.3 is 8.83 Å². The van der Waals surface area contributed by atoms with Crippen molar-refractivity contribution in [2.24, 2.45) is 0 Å². The molecule has 122 valence electrons. The van der Waals surface area contributed by atoms with Crippen molar-refractivity contribution in [2.75, 3.05) is 0 Å². The largest absolute Gasteiger partial charge is 0.469 e. The van der Waals surface area contributed by atoms with Crippen LogP contribution in [0.25, 0.3) is 17.1 Å². The summed E-state index contributed by atoms with van der Waals surface area (Å²) in [6, 6.07) is 4.86. The molecule has 8 nitrogen and oxygen atoms in total. The molecule has 11 heteroatoms. The zero-order chi connectivity index (χ0) is 16.7. The maximum atomic E-state index is 12.9. The Hall–Kier alpha value is -2.82. The number of nitrogens with zero attached hydrogens (tertiary/aromatic N) is 6. The molecule has 0 N–H and O–H groups in total. The van der Waals surface area contributed by atoms with Crippen LogP contribution >= 0.6 is 11.8 Å². The quantitative estimate of drug-likeness (QED) is 0.554. The van der Waals surface area contributed by atoms with E-state index in [1.807, 2.05) is 0 Å². The first-order valence-corrected chi connectivity index (χ1v) is 7.50. The third kappa shape index (κ3) is 2.52. The predicted octanol–water partition coefficient (Wildman–Crippen LogP) is 3.16. The molecule has 0 aliphatic carbocycles. The lowest BCUT2D eigenvalue weighted by molar-refractivity contribution is 0.137. The summed E-state index contributed by atoms with van der Waals surface area (Å²) in [6.45, 7) is 1.78. The molecule has 0 radical (unpaired) electrons. The van der Waals surface area contributed by atoms with Crippen LogP contribution in [-0.4, -0.2) is 30.0 Å². The monoisotopic (exact) mass is 350 g/mol. The lowest BCUT2D eigenvalue weighted by atomic mass is 10.3. The first kappa shape index (κ1) is 14.8. The van der Waals surface area contributed by atoms with E-state index in [-0.39, 0.29) is 10.9 Å². The molecule has 0 aliphatic rings. The van der Waals surface area contributed by atoms with Gasteiger partial charge in [0, 0.05) is 0 Å². The molecule has 0 amide bonds. The van der Waals surface area contributed by atoms with Crippen molar-refractivity contribution in [3.05, 3.63) is 36.0 Å². The molecular formula is C13H8F2N6O2S. The van der Waals surface area contributed by atoms with Crippen LogP contribution in [0.15, 0.2) is 43.5 Å². The Morgan fingerprint density at radius 3 is 2.75 bits per heavy atom. The Morgan fingerprint density at radius 1 is 1.12 bits per heavy atom. The number of rotatable bonds is 4. The summed E-state index contributed by atoms with van der Waals surface area (Å²) in [5.41, 5.74) is 0.923. The summed E-state index contributed by atoms with van der Waals surface area (Å²) in [5, 5.41) is 19.6. The minimum Gasteiger partial charge on any atom is -0.469 e. The fourth-order valence-electron chi connectivity index (χ4n) is 2.04. The van der Waals surface area contributed by atoms with Crippen molar-refractivity contribution >= 4 is 17.4 Å². The number of fused-ring (bicyclic) bond motifs is 1.